The molecule has 0 aliphatic carbocycles. The van der Waals surface area contributed by atoms with E-state index in [0.29, 0.717) is 25.3 Å². The second-order valence-electron chi connectivity index (χ2n) is 6.21. The lowest BCUT2D eigenvalue weighted by molar-refractivity contribution is -0.135. The van der Waals surface area contributed by atoms with E-state index < -0.39 is 9.84 Å². The van der Waals surface area contributed by atoms with Gasteiger partial charge in [-0.3, -0.25) is 4.79 Å². The predicted octanol–water partition coefficient (Wildman–Crippen LogP) is 0.800. The summed E-state index contributed by atoms with van der Waals surface area (Å²) in [4.78, 5) is 14.5. The van der Waals surface area contributed by atoms with E-state index in [1.54, 1.807) is 0 Å². The number of hydrogen-bond donors (Lipinski definition) is 1. The monoisotopic (exact) mass is 302 g/mol. The molecule has 6 heteroatoms. The van der Waals surface area contributed by atoms with Gasteiger partial charge in [0.1, 0.15) is 9.84 Å². The van der Waals surface area contributed by atoms with Gasteiger partial charge in [-0.05, 0) is 52.0 Å². The van der Waals surface area contributed by atoms with Crippen LogP contribution in [-0.2, 0) is 14.6 Å². The molecule has 2 heterocycles. The smallest absolute Gasteiger partial charge is 0.239 e. The average molecular weight is 302 g/mol. The molecule has 2 rings (SSSR count). The zero-order chi connectivity index (χ0) is 14.8. The van der Waals surface area contributed by atoms with Crippen LogP contribution < -0.4 is 5.32 Å². The molecule has 0 aromatic carbocycles. The first kappa shape index (κ1) is 15.8. The molecule has 0 aromatic rings. The van der Waals surface area contributed by atoms with E-state index in [0.717, 1.165) is 19.3 Å². The molecule has 116 valence electrons. The standard InChI is InChI=1S/C14H26N2O3S/c1-11-4-3-5-13(15-2)14(17)16(11)10-12-6-8-20(18,19)9-7-12/h11-13,15H,3-10H2,1-2H3. The van der Waals surface area contributed by atoms with Gasteiger partial charge in [0.2, 0.25) is 5.91 Å². The van der Waals surface area contributed by atoms with Crippen LogP contribution >= 0.6 is 0 Å². The minimum atomic E-state index is -2.82. The summed E-state index contributed by atoms with van der Waals surface area (Å²) in [6.07, 6.45) is 4.39. The fourth-order valence-electron chi connectivity index (χ4n) is 3.25. The van der Waals surface area contributed by atoms with E-state index in [2.05, 4.69) is 12.2 Å². The molecule has 1 N–H and O–H groups in total. The van der Waals surface area contributed by atoms with E-state index >= 15 is 0 Å². The topological polar surface area (TPSA) is 66.5 Å². The van der Waals surface area contributed by atoms with Gasteiger partial charge in [-0.15, -0.1) is 0 Å². The van der Waals surface area contributed by atoms with Crippen molar-refractivity contribution in [3.63, 3.8) is 0 Å². The molecule has 2 unspecified atom stereocenters. The van der Waals surface area contributed by atoms with Crippen molar-refractivity contribution in [1.29, 1.82) is 0 Å². The predicted molar refractivity (Wildman–Crippen MR) is 79.3 cm³/mol. The Kier molecular flexibility index (Phi) is 5.07. The molecule has 0 spiro atoms. The van der Waals surface area contributed by atoms with Crippen LogP contribution in [0.25, 0.3) is 0 Å². The Morgan fingerprint density at radius 2 is 1.85 bits per heavy atom. The summed E-state index contributed by atoms with van der Waals surface area (Å²) in [6, 6.07) is 0.187. The Labute approximate surface area is 122 Å². The first-order chi connectivity index (χ1) is 9.43. The summed E-state index contributed by atoms with van der Waals surface area (Å²) in [6.45, 7) is 2.82. The van der Waals surface area contributed by atoms with E-state index in [1.807, 2.05) is 11.9 Å². The molecule has 2 fully saturated rings. The number of amides is 1. The van der Waals surface area contributed by atoms with Gasteiger partial charge < -0.3 is 10.2 Å². The van der Waals surface area contributed by atoms with Gasteiger partial charge in [-0.2, -0.15) is 0 Å². The van der Waals surface area contributed by atoms with Gasteiger partial charge in [0, 0.05) is 12.6 Å². The molecule has 2 atom stereocenters. The normalized spacial score (nSPS) is 32.1. The zero-order valence-corrected chi connectivity index (χ0v) is 13.3. The number of carbonyl (C=O) groups is 1. The molecule has 0 aromatic heterocycles. The van der Waals surface area contributed by atoms with Crippen LogP contribution in [0.2, 0.25) is 0 Å². The van der Waals surface area contributed by atoms with E-state index in [4.69, 9.17) is 0 Å². The van der Waals surface area contributed by atoms with Crippen LogP contribution in [0.15, 0.2) is 0 Å². The molecular weight excluding hydrogens is 276 g/mol. The molecule has 5 nitrogen and oxygen atoms in total. The Bertz CT molecular complexity index is 435. The number of likely N-dealkylation sites (tertiary alicyclic amines) is 1. The SMILES string of the molecule is CNC1CCCC(C)N(CC2CCS(=O)(=O)CC2)C1=O. The summed E-state index contributed by atoms with van der Waals surface area (Å²) in [5, 5.41) is 3.11. The number of hydrogen-bond acceptors (Lipinski definition) is 4. The van der Waals surface area contributed by atoms with Crippen molar-refractivity contribution in [3.05, 3.63) is 0 Å². The summed E-state index contributed by atoms with van der Waals surface area (Å²) < 4.78 is 23.0. The minimum Gasteiger partial charge on any atom is -0.338 e. The van der Waals surface area contributed by atoms with Crippen LogP contribution in [0.5, 0.6) is 0 Å². The van der Waals surface area contributed by atoms with Gasteiger partial charge in [0.25, 0.3) is 0 Å². The second kappa shape index (κ2) is 6.43. The Hall–Kier alpha value is -0.620. The molecule has 0 radical (unpaired) electrons. The highest BCUT2D eigenvalue weighted by atomic mass is 32.2. The minimum absolute atomic E-state index is 0.0766. The van der Waals surface area contributed by atoms with E-state index in [9.17, 15) is 13.2 Å². The Balaban J connectivity index is 2.00. The highest BCUT2D eigenvalue weighted by Gasteiger charge is 2.33. The van der Waals surface area contributed by atoms with Crippen molar-refractivity contribution in [2.24, 2.45) is 5.92 Å². The number of sulfone groups is 1. The summed E-state index contributed by atoms with van der Waals surface area (Å²) in [5.74, 6) is 1.08. The first-order valence-corrected chi connectivity index (χ1v) is 9.43. The molecule has 20 heavy (non-hydrogen) atoms. The van der Waals surface area contributed by atoms with Gasteiger partial charge in [-0.1, -0.05) is 0 Å². The number of nitrogens with one attached hydrogen (secondary N) is 1. The molecule has 1 amide bonds. The molecule has 0 bridgehead atoms. The summed E-state index contributed by atoms with van der Waals surface area (Å²) >= 11 is 0. The van der Waals surface area contributed by atoms with Crippen LogP contribution in [-0.4, -0.2) is 56.4 Å². The fourth-order valence-corrected chi connectivity index (χ4v) is 4.84. The highest BCUT2D eigenvalue weighted by Crippen LogP contribution is 2.24. The number of likely N-dealkylation sites (N-methyl/N-ethyl adjacent to an activating group) is 1. The lowest BCUT2D eigenvalue weighted by Gasteiger charge is -2.34. The van der Waals surface area contributed by atoms with Crippen LogP contribution in [0.3, 0.4) is 0 Å². The number of carbonyl (C=O) groups excluding carboxylic acids is 1. The van der Waals surface area contributed by atoms with Crippen LogP contribution in [0, 0.1) is 5.92 Å². The highest BCUT2D eigenvalue weighted by molar-refractivity contribution is 7.91. The fraction of sp³-hybridized carbons (Fsp3) is 0.929. The Morgan fingerprint density at radius 1 is 1.20 bits per heavy atom. The molecule has 2 aliphatic heterocycles. The molecular formula is C14H26N2O3S. The third-order valence-corrected chi connectivity index (χ3v) is 6.42. The van der Waals surface area contributed by atoms with Crippen molar-refractivity contribution in [3.8, 4) is 0 Å². The van der Waals surface area contributed by atoms with Gasteiger partial charge in [0.15, 0.2) is 0 Å². The van der Waals surface area contributed by atoms with Crippen LogP contribution in [0.1, 0.15) is 39.0 Å². The summed E-state index contributed by atoms with van der Waals surface area (Å²) in [5.41, 5.74) is 0. The largest absolute Gasteiger partial charge is 0.338 e. The maximum Gasteiger partial charge on any atom is 0.239 e. The van der Waals surface area contributed by atoms with Gasteiger partial charge >= 0.3 is 0 Å². The van der Waals surface area contributed by atoms with Crippen molar-refractivity contribution >= 4 is 15.7 Å². The maximum absolute atomic E-state index is 12.5. The molecule has 2 saturated heterocycles. The third kappa shape index (κ3) is 3.73. The van der Waals surface area contributed by atoms with Crippen molar-refractivity contribution in [2.45, 2.75) is 51.1 Å². The maximum atomic E-state index is 12.5. The van der Waals surface area contributed by atoms with Crippen molar-refractivity contribution in [2.75, 3.05) is 25.1 Å². The van der Waals surface area contributed by atoms with E-state index in [1.165, 1.54) is 0 Å². The quantitative estimate of drug-likeness (QED) is 0.837. The number of nitrogens with zero attached hydrogens (tertiary/aromatic N) is 1. The van der Waals surface area contributed by atoms with E-state index in [-0.39, 0.29) is 29.5 Å². The second-order valence-corrected chi connectivity index (χ2v) is 8.51. The zero-order valence-electron chi connectivity index (χ0n) is 12.5. The lowest BCUT2D eigenvalue weighted by atomic mass is 10.0. The van der Waals surface area contributed by atoms with Gasteiger partial charge in [-0.25, -0.2) is 8.42 Å². The third-order valence-electron chi connectivity index (χ3n) is 4.71. The van der Waals surface area contributed by atoms with Gasteiger partial charge in [0.05, 0.1) is 17.5 Å². The van der Waals surface area contributed by atoms with Crippen molar-refractivity contribution in [1.82, 2.24) is 10.2 Å². The molecule has 2 aliphatic rings. The Morgan fingerprint density at radius 3 is 2.45 bits per heavy atom. The lowest BCUT2D eigenvalue weighted by Crippen LogP contribution is -2.49. The molecule has 0 saturated carbocycles. The first-order valence-electron chi connectivity index (χ1n) is 7.61. The van der Waals surface area contributed by atoms with Crippen molar-refractivity contribution < 1.29 is 13.2 Å². The average Bonchev–Trinajstić information content (AvgIpc) is 2.53. The van der Waals surface area contributed by atoms with Crippen LogP contribution in [0.4, 0.5) is 0 Å². The number of rotatable bonds is 3. The summed E-state index contributed by atoms with van der Waals surface area (Å²) in [7, 11) is -0.985.